The van der Waals surface area contributed by atoms with E-state index >= 15 is 0 Å². The lowest BCUT2D eigenvalue weighted by Gasteiger charge is -2.28. The third kappa shape index (κ3) is 2.44. The highest BCUT2D eigenvalue weighted by Gasteiger charge is 2.50. The van der Waals surface area contributed by atoms with Gasteiger partial charge in [-0.3, -0.25) is 19.3 Å². The molecule has 110 valence electrons. The van der Waals surface area contributed by atoms with Gasteiger partial charge < -0.3 is 5.11 Å². The second-order valence-corrected chi connectivity index (χ2v) is 5.79. The molecule has 2 amide bonds. The van der Waals surface area contributed by atoms with Crippen LogP contribution in [0.2, 0.25) is 0 Å². The van der Waals surface area contributed by atoms with Crippen molar-refractivity contribution in [3.63, 3.8) is 0 Å². The standard InChI is InChI=1S/C16H17NO4/c18-14(19)9-17-15(20)12-7-6-11(8-13(12)16(17)21)10-4-2-1-3-5-10/h1-5,11-13H,6-9H2,(H,18,19)/t11-,12+,13-/m0/s1. The van der Waals surface area contributed by atoms with Crippen LogP contribution >= 0.6 is 0 Å². The predicted octanol–water partition coefficient (Wildman–Crippen LogP) is 1.64. The summed E-state index contributed by atoms with van der Waals surface area (Å²) in [7, 11) is 0. The second-order valence-electron chi connectivity index (χ2n) is 5.79. The lowest BCUT2D eigenvalue weighted by atomic mass is 9.73. The quantitative estimate of drug-likeness (QED) is 0.858. The van der Waals surface area contributed by atoms with Gasteiger partial charge in [0.1, 0.15) is 6.54 Å². The first kappa shape index (κ1) is 13.8. The molecule has 1 aliphatic carbocycles. The molecular weight excluding hydrogens is 270 g/mol. The number of rotatable bonds is 3. The number of imide groups is 1. The van der Waals surface area contributed by atoms with Gasteiger partial charge in [0.25, 0.3) is 0 Å². The molecule has 1 saturated heterocycles. The van der Waals surface area contributed by atoms with E-state index in [4.69, 9.17) is 5.11 Å². The largest absolute Gasteiger partial charge is 0.480 e. The fourth-order valence-electron chi connectivity index (χ4n) is 3.57. The normalized spacial score (nSPS) is 28.6. The summed E-state index contributed by atoms with van der Waals surface area (Å²) in [5, 5.41) is 8.83. The molecule has 1 aromatic carbocycles. The van der Waals surface area contributed by atoms with Crippen LogP contribution in [-0.2, 0) is 14.4 Å². The smallest absolute Gasteiger partial charge is 0.323 e. The van der Waals surface area contributed by atoms with Gasteiger partial charge in [-0.2, -0.15) is 0 Å². The van der Waals surface area contributed by atoms with Gasteiger partial charge in [0, 0.05) is 0 Å². The van der Waals surface area contributed by atoms with Crippen molar-refractivity contribution in [2.75, 3.05) is 6.54 Å². The number of likely N-dealkylation sites (tertiary alicyclic amines) is 1. The average Bonchev–Trinajstić information content (AvgIpc) is 2.72. The van der Waals surface area contributed by atoms with Gasteiger partial charge in [-0.15, -0.1) is 0 Å². The predicted molar refractivity (Wildman–Crippen MR) is 74.4 cm³/mol. The van der Waals surface area contributed by atoms with Crippen LogP contribution in [0.1, 0.15) is 30.7 Å². The fourth-order valence-corrected chi connectivity index (χ4v) is 3.57. The summed E-state index contributed by atoms with van der Waals surface area (Å²) in [5.74, 6) is -2.16. The summed E-state index contributed by atoms with van der Waals surface area (Å²) in [5.41, 5.74) is 1.19. The molecule has 2 fully saturated rings. The Morgan fingerprint density at radius 2 is 1.76 bits per heavy atom. The Bertz CT molecular complexity index is 583. The number of carboxylic acids is 1. The van der Waals surface area contributed by atoms with Crippen LogP contribution in [0.5, 0.6) is 0 Å². The van der Waals surface area contributed by atoms with Crippen LogP contribution in [0.4, 0.5) is 0 Å². The summed E-state index contributed by atoms with van der Waals surface area (Å²) in [6.07, 6.45) is 2.16. The number of nitrogens with zero attached hydrogens (tertiary/aromatic N) is 1. The maximum Gasteiger partial charge on any atom is 0.323 e. The van der Waals surface area contributed by atoms with Crippen molar-refractivity contribution >= 4 is 17.8 Å². The molecular formula is C16H17NO4. The Kier molecular flexibility index (Phi) is 3.49. The van der Waals surface area contributed by atoms with Crippen LogP contribution in [0, 0.1) is 11.8 Å². The first-order valence-electron chi connectivity index (χ1n) is 7.20. The lowest BCUT2D eigenvalue weighted by molar-refractivity contribution is -0.149. The van der Waals surface area contributed by atoms with Crippen LogP contribution in [0.3, 0.4) is 0 Å². The summed E-state index contributed by atoms with van der Waals surface area (Å²) in [6.45, 7) is -0.513. The molecule has 1 heterocycles. The van der Waals surface area contributed by atoms with Crippen molar-refractivity contribution in [3.8, 4) is 0 Å². The number of carbonyl (C=O) groups excluding carboxylic acids is 2. The zero-order valence-corrected chi connectivity index (χ0v) is 11.6. The number of carbonyl (C=O) groups is 3. The Morgan fingerprint density at radius 1 is 1.10 bits per heavy atom. The zero-order valence-electron chi connectivity index (χ0n) is 11.6. The van der Waals surface area contributed by atoms with Gasteiger partial charge in [-0.05, 0) is 30.7 Å². The van der Waals surface area contributed by atoms with E-state index in [-0.39, 0.29) is 29.6 Å². The highest BCUT2D eigenvalue weighted by molar-refractivity contribution is 6.07. The van der Waals surface area contributed by atoms with Gasteiger partial charge in [0.05, 0.1) is 11.8 Å². The molecule has 3 atom stereocenters. The van der Waals surface area contributed by atoms with E-state index in [1.165, 1.54) is 5.56 Å². The van der Waals surface area contributed by atoms with Gasteiger partial charge in [-0.25, -0.2) is 0 Å². The number of benzene rings is 1. The van der Waals surface area contributed by atoms with Crippen molar-refractivity contribution < 1.29 is 19.5 Å². The summed E-state index contributed by atoms with van der Waals surface area (Å²) < 4.78 is 0. The fraction of sp³-hybridized carbons (Fsp3) is 0.438. The SMILES string of the molecule is O=C(O)CN1C(=O)[C@H]2C[C@@H](c3ccccc3)CC[C@H]2C1=O. The minimum Gasteiger partial charge on any atom is -0.480 e. The highest BCUT2D eigenvalue weighted by Crippen LogP contribution is 2.44. The van der Waals surface area contributed by atoms with Crippen LogP contribution in [0.15, 0.2) is 30.3 Å². The number of aliphatic carboxylic acids is 1. The molecule has 1 aliphatic heterocycles. The Morgan fingerprint density at radius 3 is 2.43 bits per heavy atom. The topological polar surface area (TPSA) is 74.7 Å². The van der Waals surface area contributed by atoms with E-state index < -0.39 is 12.5 Å². The number of fused-ring (bicyclic) bond motifs is 1. The molecule has 5 heteroatoms. The van der Waals surface area contributed by atoms with Crippen molar-refractivity contribution in [1.29, 1.82) is 0 Å². The van der Waals surface area contributed by atoms with Gasteiger partial charge in [0.15, 0.2) is 0 Å². The second kappa shape index (κ2) is 5.31. The molecule has 0 bridgehead atoms. The molecule has 1 N–H and O–H groups in total. The first-order chi connectivity index (χ1) is 10.1. The molecule has 2 aliphatic rings. The maximum absolute atomic E-state index is 12.3. The van der Waals surface area contributed by atoms with Crippen molar-refractivity contribution in [2.45, 2.75) is 25.2 Å². The van der Waals surface area contributed by atoms with Crippen molar-refractivity contribution in [1.82, 2.24) is 4.90 Å². The van der Waals surface area contributed by atoms with Gasteiger partial charge in [-0.1, -0.05) is 30.3 Å². The molecule has 1 saturated carbocycles. The van der Waals surface area contributed by atoms with E-state index in [9.17, 15) is 14.4 Å². The van der Waals surface area contributed by atoms with E-state index in [1.54, 1.807) is 0 Å². The Labute approximate surface area is 122 Å². The summed E-state index contributed by atoms with van der Waals surface area (Å²) in [6, 6.07) is 9.98. The third-order valence-corrected chi connectivity index (χ3v) is 4.58. The minimum absolute atomic E-state index is 0.272. The molecule has 0 unspecified atom stereocenters. The highest BCUT2D eigenvalue weighted by atomic mass is 16.4. The van der Waals surface area contributed by atoms with Crippen LogP contribution < -0.4 is 0 Å². The molecule has 0 spiro atoms. The number of amides is 2. The lowest BCUT2D eigenvalue weighted by Crippen LogP contribution is -2.35. The van der Waals surface area contributed by atoms with E-state index in [0.29, 0.717) is 12.8 Å². The van der Waals surface area contributed by atoms with Crippen LogP contribution in [-0.4, -0.2) is 34.3 Å². The monoisotopic (exact) mass is 287 g/mol. The van der Waals surface area contributed by atoms with Crippen molar-refractivity contribution in [3.05, 3.63) is 35.9 Å². The summed E-state index contributed by atoms with van der Waals surface area (Å²) >= 11 is 0. The van der Waals surface area contributed by atoms with Crippen LogP contribution in [0.25, 0.3) is 0 Å². The minimum atomic E-state index is -1.14. The molecule has 0 aromatic heterocycles. The number of hydrogen-bond donors (Lipinski definition) is 1. The van der Waals surface area contributed by atoms with Gasteiger partial charge >= 0.3 is 5.97 Å². The molecule has 3 rings (SSSR count). The average molecular weight is 287 g/mol. The zero-order chi connectivity index (χ0) is 15.0. The Balaban J connectivity index is 1.78. The van der Waals surface area contributed by atoms with Crippen molar-refractivity contribution in [2.24, 2.45) is 11.8 Å². The van der Waals surface area contributed by atoms with Gasteiger partial charge in [0.2, 0.25) is 11.8 Å². The molecule has 0 radical (unpaired) electrons. The molecule has 5 nitrogen and oxygen atoms in total. The molecule has 21 heavy (non-hydrogen) atoms. The third-order valence-electron chi connectivity index (χ3n) is 4.58. The molecule has 1 aromatic rings. The van der Waals surface area contributed by atoms with E-state index in [0.717, 1.165) is 11.3 Å². The Hall–Kier alpha value is -2.17. The number of hydrogen-bond acceptors (Lipinski definition) is 3. The first-order valence-corrected chi connectivity index (χ1v) is 7.20. The maximum atomic E-state index is 12.3. The van der Waals surface area contributed by atoms with E-state index in [1.807, 2.05) is 30.3 Å². The number of carboxylic acid groups (broad SMARTS) is 1. The van der Waals surface area contributed by atoms with E-state index in [2.05, 4.69) is 0 Å². The summed E-state index contributed by atoms with van der Waals surface area (Å²) in [4.78, 5) is 36.2.